The van der Waals surface area contributed by atoms with Crippen molar-refractivity contribution in [1.82, 2.24) is 19.2 Å². The molecule has 5 rings (SSSR count). The average Bonchev–Trinajstić information content (AvgIpc) is 3.28. The highest BCUT2D eigenvalue weighted by molar-refractivity contribution is 6.31. The number of phenols is 1. The number of aromatic nitrogens is 4. The molecule has 1 N–H and O–H groups in total. The molecule has 0 aliphatic heterocycles. The van der Waals surface area contributed by atoms with Gasteiger partial charge in [-0.1, -0.05) is 41.9 Å². The molecule has 0 bridgehead atoms. The van der Waals surface area contributed by atoms with Crippen molar-refractivity contribution in [2.45, 2.75) is 6.54 Å². The third-order valence-corrected chi connectivity index (χ3v) is 5.90. The second-order valence-corrected chi connectivity index (χ2v) is 7.80. The minimum Gasteiger partial charge on any atom is -0.502 e. The van der Waals surface area contributed by atoms with Crippen LogP contribution in [0.5, 0.6) is 17.2 Å². The molecule has 0 unspecified atom stereocenters. The van der Waals surface area contributed by atoms with Crippen LogP contribution in [0, 0.1) is 0 Å². The maximum atomic E-state index is 13.4. The monoisotopic (exact) mass is 462 g/mol. The summed E-state index contributed by atoms with van der Waals surface area (Å²) in [4.78, 5) is 13.4. The van der Waals surface area contributed by atoms with Crippen molar-refractivity contribution in [3.63, 3.8) is 0 Å². The van der Waals surface area contributed by atoms with Crippen molar-refractivity contribution in [3.05, 3.63) is 81.6 Å². The van der Waals surface area contributed by atoms with Gasteiger partial charge in [-0.05, 0) is 35.9 Å². The smallest absolute Gasteiger partial charge is 0.263 e. The average molecular weight is 463 g/mol. The molecular formula is C24H19ClN4O4. The summed E-state index contributed by atoms with van der Waals surface area (Å²) in [5.74, 6) is 1.17. The first-order valence-electron chi connectivity index (χ1n) is 10.1. The minimum atomic E-state index is -0.196. The molecule has 2 heterocycles. The van der Waals surface area contributed by atoms with Gasteiger partial charge < -0.3 is 14.6 Å². The molecule has 0 radical (unpaired) electrons. The number of halogens is 1. The number of aromatic hydroxyl groups is 1. The summed E-state index contributed by atoms with van der Waals surface area (Å²) in [5, 5.41) is 20.1. The number of nitrogens with zero attached hydrogens (tertiary/aromatic N) is 4. The van der Waals surface area contributed by atoms with E-state index in [1.807, 2.05) is 36.4 Å². The van der Waals surface area contributed by atoms with Crippen LogP contribution in [0.25, 0.3) is 28.1 Å². The number of hydrogen-bond donors (Lipinski definition) is 1. The number of rotatable bonds is 5. The van der Waals surface area contributed by atoms with E-state index in [9.17, 15) is 9.90 Å². The molecule has 2 aromatic heterocycles. The number of benzene rings is 3. The first-order chi connectivity index (χ1) is 16.0. The van der Waals surface area contributed by atoms with Gasteiger partial charge in [-0.15, -0.1) is 10.2 Å². The Hall–Kier alpha value is -4.04. The standard InChI is InChI=1S/C24H19ClN4O4/c1-32-19-11-15(12-20(33-2)21(19)30)22-26-27-24-28(13-14-7-3-5-9-17(14)25)23(31)16-8-4-6-10-18(16)29(22)24/h3-12,30H,13H2,1-2H3. The van der Waals surface area contributed by atoms with Gasteiger partial charge in [0.25, 0.3) is 5.56 Å². The van der Waals surface area contributed by atoms with Crippen molar-refractivity contribution in [3.8, 4) is 28.6 Å². The molecule has 0 fully saturated rings. The van der Waals surface area contributed by atoms with Crippen LogP contribution >= 0.6 is 11.6 Å². The Morgan fingerprint density at radius 1 is 0.970 bits per heavy atom. The van der Waals surface area contributed by atoms with E-state index < -0.39 is 0 Å². The third-order valence-electron chi connectivity index (χ3n) is 5.53. The quantitative estimate of drug-likeness (QED) is 0.422. The lowest BCUT2D eigenvalue weighted by Gasteiger charge is -2.13. The summed E-state index contributed by atoms with van der Waals surface area (Å²) in [7, 11) is 2.91. The van der Waals surface area contributed by atoms with Gasteiger partial charge in [0, 0.05) is 10.6 Å². The van der Waals surface area contributed by atoms with Crippen LogP contribution in [0.1, 0.15) is 5.56 Å². The summed E-state index contributed by atoms with van der Waals surface area (Å²) in [6, 6.07) is 17.9. The van der Waals surface area contributed by atoms with E-state index in [0.29, 0.717) is 33.1 Å². The first-order valence-corrected chi connectivity index (χ1v) is 10.5. The number of ether oxygens (including phenoxy) is 2. The molecule has 0 saturated heterocycles. The highest BCUT2D eigenvalue weighted by Crippen LogP contribution is 2.40. The van der Waals surface area contributed by atoms with E-state index >= 15 is 0 Å². The fourth-order valence-corrected chi connectivity index (χ4v) is 4.10. The third kappa shape index (κ3) is 3.35. The maximum absolute atomic E-state index is 13.4. The van der Waals surface area contributed by atoms with Crippen LogP contribution in [-0.2, 0) is 6.54 Å². The van der Waals surface area contributed by atoms with E-state index in [2.05, 4.69) is 10.2 Å². The zero-order chi connectivity index (χ0) is 23.1. The minimum absolute atomic E-state index is 0.113. The van der Waals surface area contributed by atoms with Gasteiger partial charge in [0.2, 0.25) is 11.5 Å². The van der Waals surface area contributed by atoms with Gasteiger partial charge >= 0.3 is 0 Å². The van der Waals surface area contributed by atoms with Gasteiger partial charge in [-0.2, -0.15) is 0 Å². The highest BCUT2D eigenvalue weighted by Gasteiger charge is 2.21. The highest BCUT2D eigenvalue weighted by atomic mass is 35.5. The predicted molar refractivity (Wildman–Crippen MR) is 126 cm³/mol. The molecule has 8 nitrogen and oxygen atoms in total. The second kappa shape index (κ2) is 8.14. The van der Waals surface area contributed by atoms with Crippen LogP contribution in [0.2, 0.25) is 5.02 Å². The van der Waals surface area contributed by atoms with Crippen LogP contribution in [-0.4, -0.2) is 38.5 Å². The molecule has 0 aliphatic carbocycles. The second-order valence-electron chi connectivity index (χ2n) is 7.39. The largest absolute Gasteiger partial charge is 0.502 e. The molecule has 5 aromatic rings. The van der Waals surface area contributed by atoms with E-state index in [1.165, 1.54) is 14.2 Å². The van der Waals surface area contributed by atoms with Crippen LogP contribution < -0.4 is 15.0 Å². The van der Waals surface area contributed by atoms with Crippen LogP contribution in [0.3, 0.4) is 0 Å². The summed E-state index contributed by atoms with van der Waals surface area (Å²) in [5.41, 5.74) is 1.84. The molecule has 0 saturated carbocycles. The van der Waals surface area contributed by atoms with Crippen molar-refractivity contribution in [2.75, 3.05) is 14.2 Å². The van der Waals surface area contributed by atoms with E-state index in [1.54, 1.807) is 33.2 Å². The summed E-state index contributed by atoms with van der Waals surface area (Å²) >= 11 is 6.37. The van der Waals surface area contributed by atoms with Gasteiger partial charge in [0.05, 0.1) is 31.7 Å². The molecule has 166 valence electrons. The zero-order valence-electron chi connectivity index (χ0n) is 17.8. The first kappa shape index (κ1) is 20.8. The fourth-order valence-electron chi connectivity index (χ4n) is 3.91. The SMILES string of the molecule is COc1cc(-c2nnc3n(Cc4ccccc4Cl)c(=O)c4ccccc4n23)cc(OC)c1O. The number of hydrogen-bond acceptors (Lipinski definition) is 6. The lowest BCUT2D eigenvalue weighted by Crippen LogP contribution is -2.24. The Morgan fingerprint density at radius 2 is 1.64 bits per heavy atom. The molecule has 3 aromatic carbocycles. The number of methoxy groups -OCH3 is 2. The maximum Gasteiger partial charge on any atom is 0.263 e. The van der Waals surface area contributed by atoms with Gasteiger partial charge in [0.1, 0.15) is 0 Å². The van der Waals surface area contributed by atoms with Gasteiger partial charge in [-0.25, -0.2) is 0 Å². The van der Waals surface area contributed by atoms with E-state index in [4.69, 9.17) is 21.1 Å². The lowest BCUT2D eigenvalue weighted by atomic mass is 10.1. The van der Waals surface area contributed by atoms with E-state index in [0.717, 1.165) is 5.56 Å². The molecule has 0 spiro atoms. The Balaban J connectivity index is 1.83. The Labute approximate surface area is 193 Å². The van der Waals surface area contributed by atoms with Crippen LogP contribution in [0.4, 0.5) is 0 Å². The summed E-state index contributed by atoms with van der Waals surface area (Å²) in [6.45, 7) is 0.229. The predicted octanol–water partition coefficient (Wildman–Crippen LogP) is 4.14. The number of phenolic OH excluding ortho intramolecular Hbond substituents is 1. The van der Waals surface area contributed by atoms with E-state index in [-0.39, 0.29) is 29.4 Å². The van der Waals surface area contributed by atoms with Crippen molar-refractivity contribution < 1.29 is 14.6 Å². The molecule has 9 heteroatoms. The lowest BCUT2D eigenvalue weighted by molar-refractivity contribution is 0.340. The molecule has 0 aliphatic rings. The fraction of sp³-hybridized carbons (Fsp3) is 0.125. The van der Waals surface area contributed by atoms with Crippen molar-refractivity contribution in [1.29, 1.82) is 0 Å². The Kier molecular flexibility index (Phi) is 5.14. The van der Waals surface area contributed by atoms with Crippen LogP contribution in [0.15, 0.2) is 65.5 Å². The summed E-state index contributed by atoms with van der Waals surface area (Å²) < 4.78 is 14.0. The molecular weight excluding hydrogens is 444 g/mol. The topological polar surface area (TPSA) is 90.9 Å². The van der Waals surface area contributed by atoms with Crippen molar-refractivity contribution >= 4 is 28.3 Å². The Bertz CT molecular complexity index is 1550. The molecule has 0 amide bonds. The molecule has 0 atom stereocenters. The van der Waals surface area contributed by atoms with Gasteiger partial charge in [0.15, 0.2) is 17.3 Å². The number of fused-ring (bicyclic) bond motifs is 3. The Morgan fingerprint density at radius 3 is 2.33 bits per heavy atom. The van der Waals surface area contributed by atoms with Gasteiger partial charge in [-0.3, -0.25) is 13.8 Å². The van der Waals surface area contributed by atoms with Crippen molar-refractivity contribution in [2.24, 2.45) is 0 Å². The molecule has 33 heavy (non-hydrogen) atoms. The zero-order valence-corrected chi connectivity index (χ0v) is 18.6. The summed E-state index contributed by atoms with van der Waals surface area (Å²) in [6.07, 6.45) is 0. The number of para-hydroxylation sites is 1. The normalized spacial score (nSPS) is 11.2.